The Morgan fingerprint density at radius 2 is 1.75 bits per heavy atom. The second-order valence-corrected chi connectivity index (χ2v) is 5.46. The van der Waals surface area contributed by atoms with E-state index in [0.29, 0.717) is 25.7 Å². The first kappa shape index (κ1) is 15.2. The summed E-state index contributed by atoms with van der Waals surface area (Å²) in [5.74, 6) is -0.0324. The van der Waals surface area contributed by atoms with Crippen LogP contribution in [0.4, 0.5) is 0 Å². The lowest BCUT2D eigenvalue weighted by Gasteiger charge is -2.43. The lowest BCUT2D eigenvalue weighted by molar-refractivity contribution is -0.123. The van der Waals surface area contributed by atoms with Gasteiger partial charge in [-0.25, -0.2) is 0 Å². The zero-order valence-corrected chi connectivity index (χ0v) is 12.2. The molecule has 2 fully saturated rings. The quantitative estimate of drug-likeness (QED) is 0.484. The number of nitrogens with zero attached hydrogens (tertiary/aromatic N) is 2. The summed E-state index contributed by atoms with van der Waals surface area (Å²) in [4.78, 5) is 27.1. The van der Waals surface area contributed by atoms with Crippen molar-refractivity contribution in [2.75, 3.05) is 58.9 Å². The Labute approximate surface area is 120 Å². The third-order valence-corrected chi connectivity index (χ3v) is 3.87. The molecule has 114 valence electrons. The van der Waals surface area contributed by atoms with Gasteiger partial charge in [-0.15, -0.1) is 0 Å². The Morgan fingerprint density at radius 3 is 2.30 bits per heavy atom. The minimum atomic E-state index is -0.0687. The van der Waals surface area contributed by atoms with E-state index < -0.39 is 0 Å². The molecule has 0 unspecified atom stereocenters. The molecule has 2 heterocycles. The molecule has 2 aliphatic heterocycles. The normalized spacial score (nSPS) is 21.2. The zero-order chi connectivity index (χ0) is 14.4. The Morgan fingerprint density at radius 1 is 1.10 bits per heavy atom. The van der Waals surface area contributed by atoms with E-state index in [2.05, 4.69) is 25.8 Å². The molecule has 0 spiro atoms. The van der Waals surface area contributed by atoms with E-state index in [1.807, 2.05) is 0 Å². The molecule has 20 heavy (non-hydrogen) atoms. The lowest BCUT2D eigenvalue weighted by Crippen LogP contribution is -2.62. The molecule has 0 aliphatic carbocycles. The van der Waals surface area contributed by atoms with Crippen LogP contribution in [0.15, 0.2) is 0 Å². The fourth-order valence-corrected chi connectivity index (χ4v) is 2.52. The first-order valence-electron chi connectivity index (χ1n) is 7.33. The average molecular weight is 283 g/mol. The molecule has 3 N–H and O–H groups in total. The molecular formula is C13H25N5O2. The van der Waals surface area contributed by atoms with Crippen LogP contribution < -0.4 is 16.0 Å². The average Bonchev–Trinajstić information content (AvgIpc) is 2.35. The van der Waals surface area contributed by atoms with Gasteiger partial charge in [-0.1, -0.05) is 0 Å². The van der Waals surface area contributed by atoms with E-state index in [0.717, 1.165) is 39.3 Å². The summed E-state index contributed by atoms with van der Waals surface area (Å²) in [6.07, 6.45) is 0. The van der Waals surface area contributed by atoms with Crippen molar-refractivity contribution in [3.05, 3.63) is 0 Å². The number of carbonyl (C=O) groups is 2. The maximum absolute atomic E-state index is 11.7. The molecule has 0 bridgehead atoms. The molecular weight excluding hydrogens is 258 g/mol. The largest absolute Gasteiger partial charge is 0.355 e. The number of hydrogen-bond acceptors (Lipinski definition) is 5. The fourth-order valence-electron chi connectivity index (χ4n) is 2.52. The van der Waals surface area contributed by atoms with Crippen molar-refractivity contribution in [2.45, 2.75) is 13.0 Å². The van der Waals surface area contributed by atoms with E-state index in [1.165, 1.54) is 6.92 Å². The number of hydrogen-bond donors (Lipinski definition) is 3. The van der Waals surface area contributed by atoms with Crippen molar-refractivity contribution in [2.24, 2.45) is 0 Å². The monoisotopic (exact) mass is 283 g/mol. The van der Waals surface area contributed by atoms with Crippen molar-refractivity contribution in [1.29, 1.82) is 0 Å². The topological polar surface area (TPSA) is 76.7 Å². The summed E-state index contributed by atoms with van der Waals surface area (Å²) in [6.45, 7) is 9.11. The van der Waals surface area contributed by atoms with Gasteiger partial charge in [0.2, 0.25) is 11.8 Å². The summed E-state index contributed by atoms with van der Waals surface area (Å²) < 4.78 is 0. The van der Waals surface area contributed by atoms with Gasteiger partial charge in [0.1, 0.15) is 0 Å². The molecule has 0 saturated carbocycles. The summed E-state index contributed by atoms with van der Waals surface area (Å²) in [5.41, 5.74) is 0. The minimum Gasteiger partial charge on any atom is -0.355 e. The van der Waals surface area contributed by atoms with Crippen molar-refractivity contribution < 1.29 is 9.59 Å². The molecule has 2 aliphatic rings. The Kier molecular flexibility index (Phi) is 5.75. The highest BCUT2D eigenvalue weighted by atomic mass is 16.2. The molecule has 0 aromatic carbocycles. The van der Waals surface area contributed by atoms with E-state index in [4.69, 9.17) is 0 Å². The van der Waals surface area contributed by atoms with E-state index in [-0.39, 0.29) is 11.8 Å². The molecule has 2 amide bonds. The Balaban J connectivity index is 1.55. The standard InChI is InChI=1S/C13H25N5O2/c1-11(19)15-2-3-16-13(20)10-17-4-6-18(7-5-17)12-8-14-9-12/h12,14H,2-10H2,1H3,(H,15,19)(H,16,20). The van der Waals surface area contributed by atoms with Crippen molar-refractivity contribution in [3.8, 4) is 0 Å². The van der Waals surface area contributed by atoms with E-state index >= 15 is 0 Å². The van der Waals surface area contributed by atoms with Crippen LogP contribution in [0.3, 0.4) is 0 Å². The summed E-state index contributed by atoms with van der Waals surface area (Å²) in [5, 5.41) is 8.77. The molecule has 0 aromatic rings. The first-order chi connectivity index (χ1) is 9.65. The highest BCUT2D eigenvalue weighted by Crippen LogP contribution is 2.09. The van der Waals surface area contributed by atoms with Crippen LogP contribution in [0.2, 0.25) is 0 Å². The maximum Gasteiger partial charge on any atom is 0.234 e. The van der Waals surface area contributed by atoms with Crippen LogP contribution in [0.25, 0.3) is 0 Å². The maximum atomic E-state index is 11.7. The van der Waals surface area contributed by atoms with Gasteiger partial charge in [-0.05, 0) is 0 Å². The molecule has 7 heteroatoms. The van der Waals surface area contributed by atoms with Crippen molar-refractivity contribution in [3.63, 3.8) is 0 Å². The predicted octanol–water partition coefficient (Wildman–Crippen LogP) is -2.17. The van der Waals surface area contributed by atoms with Gasteiger partial charge in [0.05, 0.1) is 6.54 Å². The molecule has 7 nitrogen and oxygen atoms in total. The minimum absolute atomic E-state index is 0.0362. The molecule has 2 saturated heterocycles. The van der Waals surface area contributed by atoms with Crippen LogP contribution in [0.5, 0.6) is 0 Å². The second kappa shape index (κ2) is 7.56. The molecule has 0 aromatic heterocycles. The highest BCUT2D eigenvalue weighted by Gasteiger charge is 2.27. The van der Waals surface area contributed by atoms with Gasteiger partial charge >= 0.3 is 0 Å². The van der Waals surface area contributed by atoms with Gasteiger partial charge in [-0.2, -0.15) is 0 Å². The third kappa shape index (κ3) is 4.73. The summed E-state index contributed by atoms with van der Waals surface area (Å²) in [7, 11) is 0. The lowest BCUT2D eigenvalue weighted by atomic mass is 10.1. The van der Waals surface area contributed by atoms with Gasteiger partial charge in [0, 0.05) is 65.3 Å². The fraction of sp³-hybridized carbons (Fsp3) is 0.846. The van der Waals surface area contributed by atoms with Crippen molar-refractivity contribution in [1.82, 2.24) is 25.8 Å². The molecule has 0 radical (unpaired) electrons. The highest BCUT2D eigenvalue weighted by molar-refractivity contribution is 5.78. The van der Waals surface area contributed by atoms with Crippen LogP contribution in [0, 0.1) is 0 Å². The van der Waals surface area contributed by atoms with Crippen LogP contribution in [-0.2, 0) is 9.59 Å². The summed E-state index contributed by atoms with van der Waals surface area (Å²) >= 11 is 0. The SMILES string of the molecule is CC(=O)NCCNC(=O)CN1CCN(C2CNC2)CC1. The smallest absolute Gasteiger partial charge is 0.234 e. The zero-order valence-electron chi connectivity index (χ0n) is 12.2. The van der Waals surface area contributed by atoms with Gasteiger partial charge in [-0.3, -0.25) is 19.4 Å². The van der Waals surface area contributed by atoms with Gasteiger partial charge < -0.3 is 16.0 Å². The molecule has 0 atom stereocenters. The number of piperazine rings is 1. The van der Waals surface area contributed by atoms with Crippen molar-refractivity contribution >= 4 is 11.8 Å². The van der Waals surface area contributed by atoms with Gasteiger partial charge in [0.15, 0.2) is 0 Å². The number of rotatable bonds is 6. The summed E-state index contributed by atoms with van der Waals surface area (Å²) in [6, 6.07) is 0.698. The predicted molar refractivity (Wildman–Crippen MR) is 76.4 cm³/mol. The number of carbonyl (C=O) groups excluding carboxylic acids is 2. The Bertz CT molecular complexity index is 338. The second-order valence-electron chi connectivity index (χ2n) is 5.46. The van der Waals surface area contributed by atoms with Crippen LogP contribution >= 0.6 is 0 Å². The Hall–Kier alpha value is -1.18. The van der Waals surface area contributed by atoms with Crippen LogP contribution in [-0.4, -0.2) is 86.6 Å². The van der Waals surface area contributed by atoms with Crippen LogP contribution in [0.1, 0.15) is 6.92 Å². The van der Waals surface area contributed by atoms with E-state index in [1.54, 1.807) is 0 Å². The first-order valence-corrected chi connectivity index (χ1v) is 7.33. The molecule has 2 rings (SSSR count). The van der Waals surface area contributed by atoms with Gasteiger partial charge in [0.25, 0.3) is 0 Å². The number of nitrogens with one attached hydrogen (secondary N) is 3. The third-order valence-electron chi connectivity index (χ3n) is 3.87. The number of amides is 2. The van der Waals surface area contributed by atoms with E-state index in [9.17, 15) is 9.59 Å².